The molecule has 1 heteroatoms. The van der Waals surface area contributed by atoms with Gasteiger partial charge in [0.05, 0.1) is 0 Å². The van der Waals surface area contributed by atoms with Gasteiger partial charge in [0, 0.05) is 12.6 Å². The highest BCUT2D eigenvalue weighted by molar-refractivity contribution is 5.19. The van der Waals surface area contributed by atoms with E-state index in [4.69, 9.17) is 0 Å². The van der Waals surface area contributed by atoms with Crippen LogP contribution in [-0.4, -0.2) is 6.54 Å². The number of hydrogen-bond donors (Lipinski definition) is 1. The fraction of sp³-hybridized carbons (Fsp3) is 0.667. The highest BCUT2D eigenvalue weighted by atomic mass is 14.9. The Labute approximate surface area is 118 Å². The summed E-state index contributed by atoms with van der Waals surface area (Å²) in [6.45, 7) is 8.14. The van der Waals surface area contributed by atoms with Crippen molar-refractivity contribution < 1.29 is 0 Å². The summed E-state index contributed by atoms with van der Waals surface area (Å²) in [5.74, 6) is 0.735. The van der Waals surface area contributed by atoms with Crippen LogP contribution in [0.5, 0.6) is 0 Å². The van der Waals surface area contributed by atoms with Gasteiger partial charge in [0.1, 0.15) is 0 Å². The van der Waals surface area contributed by atoms with Crippen molar-refractivity contribution in [3.8, 4) is 0 Å². The van der Waals surface area contributed by atoms with Gasteiger partial charge in [0.15, 0.2) is 0 Å². The van der Waals surface area contributed by atoms with Crippen LogP contribution in [-0.2, 0) is 0 Å². The SMILES string of the molecule is CCCC1(CNC(CC(C)C)c2ccccc2)CC1. The van der Waals surface area contributed by atoms with Crippen LogP contribution in [0.1, 0.15) is 64.5 Å². The van der Waals surface area contributed by atoms with E-state index in [1.165, 1.54) is 44.2 Å². The van der Waals surface area contributed by atoms with Crippen LogP contribution in [0.4, 0.5) is 0 Å². The van der Waals surface area contributed by atoms with Crippen LogP contribution < -0.4 is 5.32 Å². The number of nitrogens with one attached hydrogen (secondary N) is 1. The summed E-state index contributed by atoms with van der Waals surface area (Å²) in [6.07, 6.45) is 6.80. The maximum Gasteiger partial charge on any atom is 0.0322 e. The van der Waals surface area contributed by atoms with Gasteiger partial charge in [-0.15, -0.1) is 0 Å². The summed E-state index contributed by atoms with van der Waals surface area (Å²) in [6, 6.07) is 11.5. The number of rotatable bonds is 8. The normalized spacial score (nSPS) is 18.5. The minimum absolute atomic E-state index is 0.524. The van der Waals surface area contributed by atoms with Gasteiger partial charge in [0.25, 0.3) is 0 Å². The van der Waals surface area contributed by atoms with E-state index in [0.29, 0.717) is 11.5 Å². The second-order valence-corrected chi connectivity index (χ2v) is 6.72. The molecule has 0 radical (unpaired) electrons. The Balaban J connectivity index is 1.95. The van der Waals surface area contributed by atoms with E-state index in [0.717, 1.165) is 5.92 Å². The molecule has 2 rings (SSSR count). The molecule has 1 nitrogen and oxygen atoms in total. The van der Waals surface area contributed by atoms with E-state index in [-0.39, 0.29) is 0 Å². The Morgan fingerprint density at radius 3 is 2.37 bits per heavy atom. The summed E-state index contributed by atoms with van der Waals surface area (Å²) >= 11 is 0. The molecular formula is C18H29N. The molecule has 1 unspecified atom stereocenters. The van der Waals surface area contributed by atoms with Gasteiger partial charge < -0.3 is 5.32 Å². The number of benzene rings is 1. The maximum atomic E-state index is 3.85. The summed E-state index contributed by atoms with van der Waals surface area (Å²) in [7, 11) is 0. The third-order valence-electron chi connectivity index (χ3n) is 4.37. The van der Waals surface area contributed by atoms with E-state index in [2.05, 4.69) is 56.4 Å². The lowest BCUT2D eigenvalue weighted by molar-refractivity contribution is 0.358. The molecule has 1 atom stereocenters. The molecule has 1 aliphatic rings. The molecule has 0 aliphatic heterocycles. The van der Waals surface area contributed by atoms with Crippen LogP contribution >= 0.6 is 0 Å². The highest BCUT2D eigenvalue weighted by Crippen LogP contribution is 2.49. The smallest absolute Gasteiger partial charge is 0.0322 e. The molecule has 1 saturated carbocycles. The van der Waals surface area contributed by atoms with Crippen molar-refractivity contribution in [1.82, 2.24) is 5.32 Å². The average molecular weight is 259 g/mol. The van der Waals surface area contributed by atoms with Gasteiger partial charge in [-0.05, 0) is 42.6 Å². The third-order valence-corrected chi connectivity index (χ3v) is 4.37. The zero-order chi connectivity index (χ0) is 13.7. The molecule has 106 valence electrons. The number of hydrogen-bond acceptors (Lipinski definition) is 1. The van der Waals surface area contributed by atoms with Gasteiger partial charge >= 0.3 is 0 Å². The Morgan fingerprint density at radius 2 is 1.84 bits per heavy atom. The molecule has 1 aromatic carbocycles. The first-order chi connectivity index (χ1) is 9.15. The zero-order valence-corrected chi connectivity index (χ0v) is 12.8. The van der Waals surface area contributed by atoms with E-state index in [1.807, 2.05) is 0 Å². The van der Waals surface area contributed by atoms with Crippen molar-refractivity contribution in [3.63, 3.8) is 0 Å². The Hall–Kier alpha value is -0.820. The molecule has 1 aromatic rings. The molecular weight excluding hydrogens is 230 g/mol. The van der Waals surface area contributed by atoms with Crippen LogP contribution in [0.25, 0.3) is 0 Å². The minimum atomic E-state index is 0.524. The second-order valence-electron chi connectivity index (χ2n) is 6.72. The predicted molar refractivity (Wildman–Crippen MR) is 83.2 cm³/mol. The van der Waals surface area contributed by atoms with Gasteiger partial charge in [-0.25, -0.2) is 0 Å². The molecule has 1 fully saturated rings. The first-order valence-corrected chi connectivity index (χ1v) is 7.93. The van der Waals surface area contributed by atoms with Crippen molar-refractivity contribution in [2.24, 2.45) is 11.3 Å². The van der Waals surface area contributed by atoms with Gasteiger partial charge in [-0.3, -0.25) is 0 Å². The van der Waals surface area contributed by atoms with E-state index >= 15 is 0 Å². The summed E-state index contributed by atoms with van der Waals surface area (Å²) in [5, 5.41) is 3.85. The fourth-order valence-corrected chi connectivity index (χ4v) is 3.06. The molecule has 0 heterocycles. The van der Waals surface area contributed by atoms with Crippen molar-refractivity contribution in [2.75, 3.05) is 6.54 Å². The van der Waals surface area contributed by atoms with E-state index in [9.17, 15) is 0 Å². The van der Waals surface area contributed by atoms with Crippen LogP contribution in [0.3, 0.4) is 0 Å². The van der Waals surface area contributed by atoms with Crippen LogP contribution in [0, 0.1) is 11.3 Å². The first kappa shape index (κ1) is 14.6. The molecule has 0 saturated heterocycles. The van der Waals surface area contributed by atoms with Crippen molar-refractivity contribution in [3.05, 3.63) is 35.9 Å². The molecule has 0 aromatic heterocycles. The first-order valence-electron chi connectivity index (χ1n) is 7.93. The summed E-state index contributed by atoms with van der Waals surface area (Å²) in [5.41, 5.74) is 2.09. The van der Waals surface area contributed by atoms with Gasteiger partial charge in [-0.2, -0.15) is 0 Å². The molecule has 0 spiro atoms. The van der Waals surface area contributed by atoms with Gasteiger partial charge in [0.2, 0.25) is 0 Å². The summed E-state index contributed by atoms with van der Waals surface area (Å²) in [4.78, 5) is 0. The average Bonchev–Trinajstić information content (AvgIpc) is 3.16. The lowest BCUT2D eigenvalue weighted by Crippen LogP contribution is -2.29. The topological polar surface area (TPSA) is 12.0 Å². The Kier molecular flexibility index (Phi) is 5.04. The molecule has 19 heavy (non-hydrogen) atoms. The van der Waals surface area contributed by atoms with Crippen molar-refractivity contribution in [1.29, 1.82) is 0 Å². The highest BCUT2D eigenvalue weighted by Gasteiger charge is 2.41. The van der Waals surface area contributed by atoms with E-state index in [1.54, 1.807) is 0 Å². The zero-order valence-electron chi connectivity index (χ0n) is 12.8. The quantitative estimate of drug-likeness (QED) is 0.697. The standard InChI is InChI=1S/C18H29N/c1-4-10-18(11-12-18)14-19-17(13-15(2)3)16-8-6-5-7-9-16/h5-9,15,17,19H,4,10-14H2,1-3H3. The lowest BCUT2D eigenvalue weighted by Gasteiger charge is -2.24. The maximum absolute atomic E-state index is 3.85. The Morgan fingerprint density at radius 1 is 1.16 bits per heavy atom. The minimum Gasteiger partial charge on any atom is -0.309 e. The van der Waals surface area contributed by atoms with Gasteiger partial charge in [-0.1, -0.05) is 57.5 Å². The second kappa shape index (κ2) is 6.56. The fourth-order valence-electron chi connectivity index (χ4n) is 3.06. The van der Waals surface area contributed by atoms with Crippen molar-refractivity contribution in [2.45, 2.75) is 58.9 Å². The Bertz CT molecular complexity index is 365. The van der Waals surface area contributed by atoms with Crippen LogP contribution in [0.15, 0.2) is 30.3 Å². The van der Waals surface area contributed by atoms with E-state index < -0.39 is 0 Å². The summed E-state index contributed by atoms with van der Waals surface area (Å²) < 4.78 is 0. The van der Waals surface area contributed by atoms with Crippen LogP contribution in [0.2, 0.25) is 0 Å². The monoisotopic (exact) mass is 259 g/mol. The molecule has 0 bridgehead atoms. The molecule has 1 N–H and O–H groups in total. The lowest BCUT2D eigenvalue weighted by atomic mass is 9.95. The third kappa shape index (κ3) is 4.35. The molecule has 0 amide bonds. The predicted octanol–water partition coefficient (Wildman–Crippen LogP) is 4.94. The van der Waals surface area contributed by atoms with Crippen molar-refractivity contribution >= 4 is 0 Å². The molecule has 1 aliphatic carbocycles. The largest absolute Gasteiger partial charge is 0.309 e.